The lowest BCUT2D eigenvalue weighted by Crippen LogP contribution is -2.58. The molecular formula is C11H12N2O4S. The van der Waals surface area contributed by atoms with Gasteiger partial charge < -0.3 is 10.0 Å². The Kier molecular flexibility index (Phi) is 3.33. The van der Waals surface area contributed by atoms with E-state index < -0.39 is 12.0 Å². The molecule has 1 aromatic rings. The van der Waals surface area contributed by atoms with Crippen LogP contribution in [-0.2, 0) is 9.59 Å². The number of carboxylic acid groups (broad SMARTS) is 1. The van der Waals surface area contributed by atoms with Gasteiger partial charge >= 0.3 is 5.97 Å². The van der Waals surface area contributed by atoms with Crippen LogP contribution in [0.5, 0.6) is 0 Å². The predicted molar refractivity (Wildman–Crippen MR) is 65.9 cm³/mol. The molecular weight excluding hydrogens is 256 g/mol. The summed E-state index contributed by atoms with van der Waals surface area (Å²) in [4.78, 5) is 35.7. The minimum Gasteiger partial charge on any atom is -0.477 e. The zero-order valence-corrected chi connectivity index (χ0v) is 10.5. The Balaban J connectivity index is 2.30. The van der Waals surface area contributed by atoms with Gasteiger partial charge in [0.1, 0.15) is 10.9 Å². The van der Waals surface area contributed by atoms with Crippen molar-refractivity contribution in [1.82, 2.24) is 5.32 Å². The quantitative estimate of drug-likeness (QED) is 0.787. The van der Waals surface area contributed by atoms with Crippen LogP contribution < -0.4 is 10.2 Å². The maximum absolute atomic E-state index is 11.7. The van der Waals surface area contributed by atoms with Gasteiger partial charge in [0, 0.05) is 11.1 Å². The third kappa shape index (κ3) is 2.21. The van der Waals surface area contributed by atoms with Crippen molar-refractivity contribution in [3.63, 3.8) is 0 Å². The lowest BCUT2D eigenvalue weighted by molar-refractivity contribution is -0.132. The number of rotatable bonds is 3. The predicted octanol–water partition coefficient (Wildman–Crippen LogP) is 0.688. The molecule has 0 aliphatic carbocycles. The van der Waals surface area contributed by atoms with Gasteiger partial charge in [-0.1, -0.05) is 6.92 Å². The molecule has 1 saturated heterocycles. The zero-order valence-electron chi connectivity index (χ0n) is 9.67. The van der Waals surface area contributed by atoms with Crippen molar-refractivity contribution in [3.8, 4) is 0 Å². The van der Waals surface area contributed by atoms with E-state index in [-0.39, 0.29) is 23.2 Å². The molecule has 1 unspecified atom stereocenters. The molecule has 2 N–H and O–H groups in total. The molecule has 6 nitrogen and oxygen atoms in total. The third-order valence-electron chi connectivity index (χ3n) is 2.77. The largest absolute Gasteiger partial charge is 0.477 e. The smallest absolute Gasteiger partial charge is 0.345 e. The lowest BCUT2D eigenvalue weighted by atomic mass is 10.1. The third-order valence-corrected chi connectivity index (χ3v) is 3.68. The maximum atomic E-state index is 11.7. The van der Waals surface area contributed by atoms with Gasteiger partial charge in [-0.15, -0.1) is 11.3 Å². The first-order valence-corrected chi connectivity index (χ1v) is 6.33. The first kappa shape index (κ1) is 12.6. The van der Waals surface area contributed by atoms with E-state index in [0.29, 0.717) is 12.1 Å². The van der Waals surface area contributed by atoms with Gasteiger partial charge in [-0.3, -0.25) is 14.9 Å². The topological polar surface area (TPSA) is 86.7 Å². The van der Waals surface area contributed by atoms with Crippen molar-refractivity contribution in [2.24, 2.45) is 0 Å². The van der Waals surface area contributed by atoms with Gasteiger partial charge in [-0.2, -0.15) is 0 Å². The molecule has 0 aromatic carbocycles. The van der Waals surface area contributed by atoms with Gasteiger partial charge in [0.2, 0.25) is 11.8 Å². The van der Waals surface area contributed by atoms with Crippen LogP contribution in [0.15, 0.2) is 11.4 Å². The van der Waals surface area contributed by atoms with Crippen molar-refractivity contribution in [1.29, 1.82) is 0 Å². The Morgan fingerprint density at radius 2 is 2.33 bits per heavy atom. The average Bonchev–Trinajstić information content (AvgIpc) is 2.77. The van der Waals surface area contributed by atoms with Crippen LogP contribution in [0.4, 0.5) is 5.69 Å². The fraction of sp³-hybridized carbons (Fsp3) is 0.364. The molecule has 2 heterocycles. The maximum Gasteiger partial charge on any atom is 0.345 e. The first-order chi connectivity index (χ1) is 8.52. The van der Waals surface area contributed by atoms with Gasteiger partial charge in [0.25, 0.3) is 0 Å². The number of piperazine rings is 1. The molecule has 96 valence electrons. The Bertz CT molecular complexity index is 511. The molecule has 1 aliphatic rings. The summed E-state index contributed by atoms with van der Waals surface area (Å²) in [5.74, 6) is -1.71. The highest BCUT2D eigenvalue weighted by atomic mass is 32.1. The van der Waals surface area contributed by atoms with Crippen molar-refractivity contribution in [2.75, 3.05) is 11.4 Å². The van der Waals surface area contributed by atoms with Gasteiger partial charge in [0.15, 0.2) is 0 Å². The fourth-order valence-corrected chi connectivity index (χ4v) is 2.67. The second kappa shape index (κ2) is 4.77. The van der Waals surface area contributed by atoms with E-state index in [1.807, 2.05) is 6.92 Å². The normalized spacial score (nSPS) is 19.8. The highest BCUT2D eigenvalue weighted by Crippen LogP contribution is 2.26. The van der Waals surface area contributed by atoms with E-state index in [9.17, 15) is 14.4 Å². The number of nitrogens with one attached hydrogen (secondary N) is 1. The molecule has 1 aromatic heterocycles. The molecule has 1 fully saturated rings. The standard InChI is InChI=1S/C11H12N2O4S/c1-2-7-10(15)12-9(14)4-13(7)6-3-8(11(16)17)18-5-6/h3,5,7H,2,4H2,1H3,(H,16,17)(H,12,14,15). The fourth-order valence-electron chi connectivity index (χ4n) is 1.93. The Morgan fingerprint density at radius 1 is 1.61 bits per heavy atom. The van der Waals surface area contributed by atoms with Crippen LogP contribution in [0.25, 0.3) is 0 Å². The highest BCUT2D eigenvalue weighted by molar-refractivity contribution is 7.12. The van der Waals surface area contributed by atoms with E-state index in [4.69, 9.17) is 5.11 Å². The summed E-state index contributed by atoms with van der Waals surface area (Å²) in [5, 5.41) is 12.8. The SMILES string of the molecule is CCC1C(=O)NC(=O)CN1c1csc(C(=O)O)c1. The molecule has 7 heteroatoms. The first-order valence-electron chi connectivity index (χ1n) is 5.45. The Labute approximate surface area is 107 Å². The number of carbonyl (C=O) groups is 3. The number of anilines is 1. The monoisotopic (exact) mass is 268 g/mol. The average molecular weight is 268 g/mol. The summed E-state index contributed by atoms with van der Waals surface area (Å²) in [6.45, 7) is 1.91. The summed E-state index contributed by atoms with van der Waals surface area (Å²) < 4.78 is 0. The van der Waals surface area contributed by atoms with E-state index in [1.165, 1.54) is 6.07 Å². The number of hydrogen-bond acceptors (Lipinski definition) is 5. The van der Waals surface area contributed by atoms with Crippen molar-refractivity contribution < 1.29 is 19.5 Å². The molecule has 1 atom stereocenters. The van der Waals surface area contributed by atoms with E-state index >= 15 is 0 Å². The van der Waals surface area contributed by atoms with Crippen LogP contribution in [-0.4, -0.2) is 35.5 Å². The number of nitrogens with zero attached hydrogens (tertiary/aromatic N) is 1. The number of imide groups is 1. The van der Waals surface area contributed by atoms with Crippen molar-refractivity contribution in [2.45, 2.75) is 19.4 Å². The summed E-state index contributed by atoms with van der Waals surface area (Å²) in [7, 11) is 0. The summed E-state index contributed by atoms with van der Waals surface area (Å²) >= 11 is 1.08. The number of carbonyl (C=O) groups excluding carboxylic acids is 2. The Morgan fingerprint density at radius 3 is 2.89 bits per heavy atom. The highest BCUT2D eigenvalue weighted by Gasteiger charge is 2.33. The van der Waals surface area contributed by atoms with Gasteiger partial charge in [-0.05, 0) is 12.5 Å². The molecule has 0 spiro atoms. The van der Waals surface area contributed by atoms with Crippen LogP contribution in [0.2, 0.25) is 0 Å². The van der Waals surface area contributed by atoms with Crippen molar-refractivity contribution >= 4 is 34.8 Å². The van der Waals surface area contributed by atoms with Crippen LogP contribution in [0.1, 0.15) is 23.0 Å². The van der Waals surface area contributed by atoms with Crippen molar-refractivity contribution in [3.05, 3.63) is 16.3 Å². The minimum atomic E-state index is -1.01. The second-order valence-corrected chi connectivity index (χ2v) is 4.85. The van der Waals surface area contributed by atoms with E-state index in [2.05, 4.69) is 5.32 Å². The molecule has 0 bridgehead atoms. The number of aromatic carboxylic acids is 1. The number of hydrogen-bond donors (Lipinski definition) is 2. The van der Waals surface area contributed by atoms with Crippen LogP contribution in [0.3, 0.4) is 0 Å². The number of carboxylic acids is 1. The Hall–Kier alpha value is -1.89. The molecule has 18 heavy (non-hydrogen) atoms. The number of thiophene rings is 1. The summed E-state index contributed by atoms with van der Waals surface area (Å²) in [6.07, 6.45) is 0.553. The lowest BCUT2D eigenvalue weighted by Gasteiger charge is -2.34. The second-order valence-electron chi connectivity index (χ2n) is 3.94. The summed E-state index contributed by atoms with van der Waals surface area (Å²) in [5.41, 5.74) is 0.604. The zero-order chi connectivity index (χ0) is 13.3. The number of amides is 2. The summed E-state index contributed by atoms with van der Waals surface area (Å²) in [6, 6.07) is 1.06. The minimum absolute atomic E-state index is 0.0695. The van der Waals surface area contributed by atoms with Crippen LogP contribution in [0, 0.1) is 0 Å². The van der Waals surface area contributed by atoms with E-state index in [1.54, 1.807) is 10.3 Å². The molecule has 0 radical (unpaired) electrons. The molecule has 0 saturated carbocycles. The van der Waals surface area contributed by atoms with Gasteiger partial charge in [-0.25, -0.2) is 4.79 Å². The van der Waals surface area contributed by atoms with Crippen LogP contribution >= 0.6 is 11.3 Å². The molecule has 2 amide bonds. The molecule has 1 aliphatic heterocycles. The molecule has 2 rings (SSSR count). The van der Waals surface area contributed by atoms with E-state index in [0.717, 1.165) is 11.3 Å². The van der Waals surface area contributed by atoms with Gasteiger partial charge in [0.05, 0.1) is 6.54 Å².